The van der Waals surface area contributed by atoms with E-state index in [4.69, 9.17) is 13.9 Å². The van der Waals surface area contributed by atoms with Crippen molar-refractivity contribution in [2.75, 3.05) is 19.5 Å². The van der Waals surface area contributed by atoms with Gasteiger partial charge in [0, 0.05) is 17.8 Å². The average Bonchev–Trinajstić information content (AvgIpc) is 3.17. The predicted octanol–water partition coefficient (Wildman–Crippen LogP) is 4.16. The molecule has 0 aliphatic rings. The molecule has 0 aliphatic heterocycles. The van der Waals surface area contributed by atoms with Gasteiger partial charge in [-0.2, -0.15) is 4.98 Å². The molecule has 4 rings (SSSR count). The summed E-state index contributed by atoms with van der Waals surface area (Å²) in [5, 5.41) is 2.90. The Kier molecular flexibility index (Phi) is 4.63. The predicted molar refractivity (Wildman–Crippen MR) is 105 cm³/mol. The van der Waals surface area contributed by atoms with Crippen LogP contribution >= 0.6 is 0 Å². The Hall–Kier alpha value is -3.87. The fraction of sp³-hybridized carbons (Fsp3) is 0.0952. The molecule has 0 bridgehead atoms. The molecule has 0 spiro atoms. The van der Waals surface area contributed by atoms with Gasteiger partial charge < -0.3 is 19.2 Å². The summed E-state index contributed by atoms with van der Waals surface area (Å²) in [6.45, 7) is 0. The molecule has 0 fully saturated rings. The van der Waals surface area contributed by atoms with E-state index < -0.39 is 0 Å². The number of methoxy groups -OCH3 is 2. The lowest BCUT2D eigenvalue weighted by molar-refractivity contribution is 0.102. The number of pyridine rings is 1. The molecule has 28 heavy (non-hydrogen) atoms. The van der Waals surface area contributed by atoms with E-state index in [0.29, 0.717) is 45.4 Å². The Bertz CT molecular complexity index is 1100. The maximum Gasteiger partial charge on any atom is 0.255 e. The Labute approximate surface area is 160 Å². The molecule has 0 saturated carbocycles. The summed E-state index contributed by atoms with van der Waals surface area (Å²) in [5.74, 6) is 1.14. The first-order valence-corrected chi connectivity index (χ1v) is 8.53. The van der Waals surface area contributed by atoms with Gasteiger partial charge in [0.15, 0.2) is 11.2 Å². The molecule has 0 radical (unpaired) electrons. The SMILES string of the molecule is COc1cc(OC)cc(C(=O)Nc2ccccc2-c2nc3ncccc3o2)c1. The summed E-state index contributed by atoms with van der Waals surface area (Å²) >= 11 is 0. The van der Waals surface area contributed by atoms with Crippen molar-refractivity contribution in [3.8, 4) is 23.0 Å². The van der Waals surface area contributed by atoms with Crippen LogP contribution in [-0.4, -0.2) is 30.1 Å². The fourth-order valence-electron chi connectivity index (χ4n) is 2.80. The number of amides is 1. The molecule has 2 heterocycles. The standard InChI is InChI=1S/C21H17N3O4/c1-26-14-10-13(11-15(12-14)27-2)20(25)23-17-7-4-3-6-16(17)21-24-19-18(28-21)8-5-9-22-19/h3-12H,1-2H3,(H,23,25). The van der Waals surface area contributed by atoms with Gasteiger partial charge in [-0.3, -0.25) is 4.79 Å². The number of oxazole rings is 1. The third-order valence-corrected chi connectivity index (χ3v) is 4.18. The van der Waals surface area contributed by atoms with Gasteiger partial charge in [-0.25, -0.2) is 4.98 Å². The summed E-state index contributed by atoms with van der Waals surface area (Å²) in [4.78, 5) is 21.4. The zero-order chi connectivity index (χ0) is 19.5. The number of aromatic nitrogens is 2. The van der Waals surface area contributed by atoms with E-state index in [1.54, 1.807) is 42.6 Å². The van der Waals surface area contributed by atoms with Crippen LogP contribution in [0, 0.1) is 0 Å². The maximum absolute atomic E-state index is 12.8. The van der Waals surface area contributed by atoms with Crippen LogP contribution in [0.1, 0.15) is 10.4 Å². The molecule has 2 aromatic heterocycles. The minimum atomic E-state index is -0.307. The number of carbonyl (C=O) groups excluding carboxylic acids is 1. The number of anilines is 1. The Morgan fingerprint density at radius 3 is 2.46 bits per heavy atom. The van der Waals surface area contributed by atoms with Gasteiger partial charge in [-0.15, -0.1) is 0 Å². The Morgan fingerprint density at radius 2 is 1.75 bits per heavy atom. The second kappa shape index (κ2) is 7.40. The van der Waals surface area contributed by atoms with Crippen molar-refractivity contribution in [1.82, 2.24) is 9.97 Å². The van der Waals surface area contributed by atoms with Crippen LogP contribution in [0.15, 0.2) is 65.2 Å². The molecule has 7 nitrogen and oxygen atoms in total. The highest BCUT2D eigenvalue weighted by Crippen LogP contribution is 2.30. The van der Waals surface area contributed by atoms with Crippen molar-refractivity contribution >= 4 is 22.8 Å². The van der Waals surface area contributed by atoms with Crippen LogP contribution in [0.2, 0.25) is 0 Å². The molecule has 1 amide bonds. The van der Waals surface area contributed by atoms with Gasteiger partial charge in [0.25, 0.3) is 5.91 Å². The van der Waals surface area contributed by atoms with Gasteiger partial charge in [-0.1, -0.05) is 12.1 Å². The number of hydrogen-bond acceptors (Lipinski definition) is 6. The lowest BCUT2D eigenvalue weighted by Crippen LogP contribution is -2.13. The third-order valence-electron chi connectivity index (χ3n) is 4.18. The number of fused-ring (bicyclic) bond motifs is 1. The first kappa shape index (κ1) is 17.5. The molecule has 140 valence electrons. The maximum atomic E-state index is 12.8. The van der Waals surface area contributed by atoms with E-state index in [1.165, 1.54) is 14.2 Å². The smallest absolute Gasteiger partial charge is 0.255 e. The van der Waals surface area contributed by atoms with Gasteiger partial charge in [0.05, 0.1) is 25.5 Å². The topological polar surface area (TPSA) is 86.5 Å². The highest BCUT2D eigenvalue weighted by Gasteiger charge is 2.16. The van der Waals surface area contributed by atoms with Crippen LogP contribution in [0.5, 0.6) is 11.5 Å². The van der Waals surface area contributed by atoms with Crippen LogP contribution in [0.3, 0.4) is 0 Å². The summed E-state index contributed by atoms with van der Waals surface area (Å²) in [6.07, 6.45) is 1.65. The number of rotatable bonds is 5. The van der Waals surface area contributed by atoms with E-state index in [9.17, 15) is 4.79 Å². The first-order chi connectivity index (χ1) is 13.7. The molecule has 1 N–H and O–H groups in total. The van der Waals surface area contributed by atoms with Crippen molar-refractivity contribution in [3.05, 3.63) is 66.4 Å². The zero-order valence-corrected chi connectivity index (χ0v) is 15.3. The Balaban J connectivity index is 1.68. The summed E-state index contributed by atoms with van der Waals surface area (Å²) in [5.41, 5.74) is 2.72. The largest absolute Gasteiger partial charge is 0.497 e. The second-order valence-electron chi connectivity index (χ2n) is 5.95. The number of nitrogens with zero attached hydrogens (tertiary/aromatic N) is 2. The molecule has 2 aromatic carbocycles. The first-order valence-electron chi connectivity index (χ1n) is 8.53. The van der Waals surface area contributed by atoms with Crippen molar-refractivity contribution < 1.29 is 18.7 Å². The van der Waals surface area contributed by atoms with Gasteiger partial charge in [-0.05, 0) is 36.4 Å². The number of hydrogen-bond donors (Lipinski definition) is 1. The molecule has 7 heteroatoms. The number of ether oxygens (including phenoxy) is 2. The lowest BCUT2D eigenvalue weighted by Gasteiger charge is -2.11. The zero-order valence-electron chi connectivity index (χ0n) is 15.3. The van der Waals surface area contributed by atoms with Crippen LogP contribution in [-0.2, 0) is 0 Å². The van der Waals surface area contributed by atoms with Crippen molar-refractivity contribution in [1.29, 1.82) is 0 Å². The number of para-hydroxylation sites is 1. The molecule has 0 atom stereocenters. The van der Waals surface area contributed by atoms with E-state index >= 15 is 0 Å². The minimum Gasteiger partial charge on any atom is -0.497 e. The highest BCUT2D eigenvalue weighted by molar-refractivity contribution is 6.06. The van der Waals surface area contributed by atoms with Gasteiger partial charge in [0.1, 0.15) is 11.5 Å². The molecular weight excluding hydrogens is 358 g/mol. The second-order valence-corrected chi connectivity index (χ2v) is 5.95. The number of carbonyl (C=O) groups is 1. The molecule has 0 aliphatic carbocycles. The third kappa shape index (κ3) is 3.37. The molecule has 0 unspecified atom stereocenters. The lowest BCUT2D eigenvalue weighted by atomic mass is 10.1. The summed E-state index contributed by atoms with van der Waals surface area (Å²) in [7, 11) is 3.07. The van der Waals surface area contributed by atoms with Crippen molar-refractivity contribution in [3.63, 3.8) is 0 Å². The normalized spacial score (nSPS) is 10.6. The fourth-order valence-corrected chi connectivity index (χ4v) is 2.80. The van der Waals surface area contributed by atoms with Crippen LogP contribution < -0.4 is 14.8 Å². The van der Waals surface area contributed by atoms with Crippen molar-refractivity contribution in [2.45, 2.75) is 0 Å². The van der Waals surface area contributed by atoms with Gasteiger partial charge in [0.2, 0.25) is 5.89 Å². The highest BCUT2D eigenvalue weighted by atomic mass is 16.5. The van der Waals surface area contributed by atoms with E-state index in [2.05, 4.69) is 15.3 Å². The number of benzene rings is 2. The quantitative estimate of drug-likeness (QED) is 0.564. The number of nitrogens with one attached hydrogen (secondary N) is 1. The summed E-state index contributed by atoms with van der Waals surface area (Å²) in [6, 6.07) is 15.8. The minimum absolute atomic E-state index is 0.307. The summed E-state index contributed by atoms with van der Waals surface area (Å²) < 4.78 is 16.3. The van der Waals surface area contributed by atoms with Crippen LogP contribution in [0.4, 0.5) is 5.69 Å². The van der Waals surface area contributed by atoms with Crippen LogP contribution in [0.25, 0.3) is 22.7 Å². The molecule has 4 aromatic rings. The van der Waals surface area contributed by atoms with E-state index in [-0.39, 0.29) is 5.91 Å². The van der Waals surface area contributed by atoms with Gasteiger partial charge >= 0.3 is 0 Å². The molecular formula is C21H17N3O4. The molecule has 0 saturated heterocycles. The Morgan fingerprint density at radius 1 is 1.00 bits per heavy atom. The monoisotopic (exact) mass is 375 g/mol. The van der Waals surface area contributed by atoms with E-state index in [0.717, 1.165) is 0 Å². The average molecular weight is 375 g/mol. The van der Waals surface area contributed by atoms with E-state index in [1.807, 2.05) is 18.2 Å². The van der Waals surface area contributed by atoms with Crippen molar-refractivity contribution in [2.24, 2.45) is 0 Å².